The van der Waals surface area contributed by atoms with Crippen LogP contribution in [0.5, 0.6) is 0 Å². The second kappa shape index (κ2) is 6.19. The summed E-state index contributed by atoms with van der Waals surface area (Å²) in [5.74, 6) is -1.53. The molecule has 0 spiro atoms. The van der Waals surface area contributed by atoms with Gasteiger partial charge in [0.1, 0.15) is 0 Å². The number of benzene rings is 2. The van der Waals surface area contributed by atoms with Crippen LogP contribution in [0.4, 0.5) is 15.8 Å². The number of rotatable bonds is 3. The zero-order valence-electron chi connectivity index (χ0n) is 10.3. The quantitative estimate of drug-likeness (QED) is 0.640. The van der Waals surface area contributed by atoms with Crippen LogP contribution < -0.4 is 5.32 Å². The summed E-state index contributed by atoms with van der Waals surface area (Å²) < 4.78 is 13.9. The van der Waals surface area contributed by atoms with E-state index >= 15 is 0 Å². The van der Waals surface area contributed by atoms with Gasteiger partial charge in [0.05, 0.1) is 15.5 Å². The lowest BCUT2D eigenvalue weighted by atomic mass is 10.2. The second-order valence-electron chi connectivity index (χ2n) is 4.00. The summed E-state index contributed by atoms with van der Waals surface area (Å²) in [5.41, 5.74) is -0.421. The van der Waals surface area contributed by atoms with Crippen molar-refractivity contribution in [3.05, 3.63) is 67.4 Å². The summed E-state index contributed by atoms with van der Waals surface area (Å²) in [5, 5.41) is 13.3. The zero-order valence-corrected chi connectivity index (χ0v) is 12.6. The fourth-order valence-corrected chi connectivity index (χ4v) is 2.16. The van der Waals surface area contributed by atoms with Crippen LogP contribution in [0.2, 0.25) is 5.02 Å². The van der Waals surface area contributed by atoms with E-state index in [-0.39, 0.29) is 16.3 Å². The number of carbonyl (C=O) groups is 1. The molecule has 1 amide bonds. The number of anilines is 1. The molecule has 2 rings (SSSR count). The van der Waals surface area contributed by atoms with Gasteiger partial charge in [-0.15, -0.1) is 0 Å². The van der Waals surface area contributed by atoms with Crippen LogP contribution in [0, 0.1) is 15.9 Å². The molecule has 1 N–H and O–H groups in total. The summed E-state index contributed by atoms with van der Waals surface area (Å²) >= 11 is 9.13. The van der Waals surface area contributed by atoms with Crippen molar-refractivity contribution >= 4 is 44.8 Å². The molecule has 21 heavy (non-hydrogen) atoms. The molecule has 0 aliphatic carbocycles. The molecular weight excluding hydrogens is 367 g/mol. The van der Waals surface area contributed by atoms with Gasteiger partial charge in [-0.05, 0) is 30.3 Å². The van der Waals surface area contributed by atoms with Gasteiger partial charge in [0.25, 0.3) is 5.91 Å². The van der Waals surface area contributed by atoms with Crippen molar-refractivity contribution in [2.75, 3.05) is 5.32 Å². The van der Waals surface area contributed by atoms with Crippen LogP contribution >= 0.6 is 27.5 Å². The summed E-state index contributed by atoms with van der Waals surface area (Å²) in [7, 11) is 0. The number of hydrogen-bond donors (Lipinski definition) is 1. The van der Waals surface area contributed by atoms with Crippen molar-refractivity contribution in [1.82, 2.24) is 0 Å². The third-order valence-electron chi connectivity index (χ3n) is 2.57. The van der Waals surface area contributed by atoms with E-state index in [0.29, 0.717) is 4.47 Å². The van der Waals surface area contributed by atoms with E-state index in [4.69, 9.17) is 11.6 Å². The van der Waals surface area contributed by atoms with E-state index in [0.717, 1.165) is 12.1 Å². The highest BCUT2D eigenvalue weighted by molar-refractivity contribution is 9.10. The fourth-order valence-electron chi connectivity index (χ4n) is 1.60. The number of nitro groups is 1. The Kier molecular flexibility index (Phi) is 4.54. The maximum Gasteiger partial charge on any atom is 0.306 e. The molecule has 2 aromatic rings. The smallest absolute Gasteiger partial charge is 0.306 e. The Bertz CT molecular complexity index is 739. The number of nitro benzene ring substituents is 1. The molecule has 0 radical (unpaired) electrons. The first kappa shape index (κ1) is 15.4. The fraction of sp³-hybridized carbons (Fsp3) is 0. The van der Waals surface area contributed by atoms with Crippen molar-refractivity contribution < 1.29 is 14.1 Å². The van der Waals surface area contributed by atoms with E-state index < -0.39 is 22.3 Å². The van der Waals surface area contributed by atoms with Gasteiger partial charge in [-0.1, -0.05) is 27.5 Å². The Morgan fingerprint density at radius 2 is 2.00 bits per heavy atom. The first-order chi connectivity index (χ1) is 9.88. The van der Waals surface area contributed by atoms with Crippen molar-refractivity contribution in [2.24, 2.45) is 0 Å². The van der Waals surface area contributed by atoms with Gasteiger partial charge in [-0.2, -0.15) is 4.39 Å². The summed E-state index contributed by atoms with van der Waals surface area (Å²) in [6.45, 7) is 0. The van der Waals surface area contributed by atoms with Gasteiger partial charge in [0.15, 0.2) is 0 Å². The van der Waals surface area contributed by atoms with Crippen LogP contribution in [0.3, 0.4) is 0 Å². The lowest BCUT2D eigenvalue weighted by Crippen LogP contribution is -2.12. The van der Waals surface area contributed by atoms with E-state index in [2.05, 4.69) is 21.2 Å². The number of amides is 1. The largest absolute Gasteiger partial charge is 0.322 e. The standard InChI is InChI=1S/C13H7BrClFN2O3/c14-7-1-3-10(15)9(5-7)13(19)17-8-2-4-11(16)12(6-8)18(20)21/h1-6H,(H,17,19). The van der Waals surface area contributed by atoms with Gasteiger partial charge in [0, 0.05) is 16.2 Å². The molecule has 0 saturated carbocycles. The molecule has 0 saturated heterocycles. The van der Waals surface area contributed by atoms with Crippen LogP contribution in [0.25, 0.3) is 0 Å². The highest BCUT2D eigenvalue weighted by Gasteiger charge is 2.17. The van der Waals surface area contributed by atoms with Crippen LogP contribution in [0.15, 0.2) is 40.9 Å². The van der Waals surface area contributed by atoms with Crippen LogP contribution in [-0.4, -0.2) is 10.8 Å². The number of nitrogens with one attached hydrogen (secondary N) is 1. The number of carbonyl (C=O) groups excluding carboxylic acids is 1. The Morgan fingerprint density at radius 1 is 1.29 bits per heavy atom. The predicted molar refractivity (Wildman–Crippen MR) is 80.2 cm³/mol. The maximum atomic E-state index is 13.2. The Morgan fingerprint density at radius 3 is 2.67 bits per heavy atom. The van der Waals surface area contributed by atoms with E-state index in [1.807, 2.05) is 0 Å². The summed E-state index contributed by atoms with van der Waals surface area (Å²) in [6, 6.07) is 7.80. The van der Waals surface area contributed by atoms with E-state index in [1.54, 1.807) is 6.07 Å². The first-order valence-corrected chi connectivity index (χ1v) is 6.76. The number of nitrogens with zero attached hydrogens (tertiary/aromatic N) is 1. The highest BCUT2D eigenvalue weighted by atomic mass is 79.9. The number of halogens is 3. The van der Waals surface area contributed by atoms with Gasteiger partial charge >= 0.3 is 5.69 Å². The predicted octanol–water partition coefficient (Wildman–Crippen LogP) is 4.40. The number of hydrogen-bond acceptors (Lipinski definition) is 3. The minimum Gasteiger partial charge on any atom is -0.322 e. The SMILES string of the molecule is O=C(Nc1ccc(F)c([N+](=O)[O-])c1)c1cc(Br)ccc1Cl. The molecule has 0 aromatic heterocycles. The highest BCUT2D eigenvalue weighted by Crippen LogP contribution is 2.24. The molecule has 0 fully saturated rings. The molecule has 0 unspecified atom stereocenters. The maximum absolute atomic E-state index is 13.2. The second-order valence-corrected chi connectivity index (χ2v) is 5.32. The lowest BCUT2D eigenvalue weighted by molar-refractivity contribution is -0.387. The normalized spacial score (nSPS) is 10.2. The van der Waals surface area contributed by atoms with Crippen LogP contribution in [-0.2, 0) is 0 Å². The molecular formula is C13H7BrClFN2O3. The first-order valence-electron chi connectivity index (χ1n) is 5.59. The topological polar surface area (TPSA) is 72.2 Å². The molecule has 2 aromatic carbocycles. The van der Waals surface area contributed by atoms with Gasteiger partial charge in [-0.3, -0.25) is 14.9 Å². The van der Waals surface area contributed by atoms with Crippen molar-refractivity contribution in [3.63, 3.8) is 0 Å². The zero-order chi connectivity index (χ0) is 15.6. The van der Waals surface area contributed by atoms with Crippen LogP contribution in [0.1, 0.15) is 10.4 Å². The third kappa shape index (κ3) is 3.56. The van der Waals surface area contributed by atoms with Gasteiger partial charge in [0.2, 0.25) is 5.82 Å². The average molecular weight is 374 g/mol. The Hall–Kier alpha value is -1.99. The van der Waals surface area contributed by atoms with Gasteiger partial charge < -0.3 is 5.32 Å². The molecule has 0 heterocycles. The third-order valence-corrected chi connectivity index (χ3v) is 3.40. The summed E-state index contributed by atoms with van der Waals surface area (Å²) in [4.78, 5) is 21.9. The van der Waals surface area contributed by atoms with Crippen molar-refractivity contribution in [2.45, 2.75) is 0 Å². The minimum absolute atomic E-state index is 0.101. The van der Waals surface area contributed by atoms with Crippen molar-refractivity contribution in [3.8, 4) is 0 Å². The Labute approximate surface area is 132 Å². The average Bonchev–Trinajstić information content (AvgIpc) is 2.43. The molecule has 5 nitrogen and oxygen atoms in total. The molecule has 0 atom stereocenters. The monoisotopic (exact) mass is 372 g/mol. The van der Waals surface area contributed by atoms with Crippen molar-refractivity contribution in [1.29, 1.82) is 0 Å². The molecule has 0 bridgehead atoms. The molecule has 8 heteroatoms. The van der Waals surface area contributed by atoms with E-state index in [9.17, 15) is 19.3 Å². The summed E-state index contributed by atoms with van der Waals surface area (Å²) in [6.07, 6.45) is 0. The minimum atomic E-state index is -0.974. The molecule has 108 valence electrons. The molecule has 0 aliphatic rings. The Balaban J connectivity index is 2.29. The van der Waals surface area contributed by atoms with Gasteiger partial charge in [-0.25, -0.2) is 0 Å². The molecule has 0 aliphatic heterocycles. The lowest BCUT2D eigenvalue weighted by Gasteiger charge is -2.07. The van der Waals surface area contributed by atoms with E-state index in [1.165, 1.54) is 18.2 Å².